The Morgan fingerprint density at radius 2 is 1.38 bits per heavy atom. The lowest BCUT2D eigenvalue weighted by molar-refractivity contribution is -0.237. The van der Waals surface area contributed by atoms with Crippen LogP contribution in [-0.4, -0.2) is 91.0 Å². The molecule has 11 nitrogen and oxygen atoms in total. The lowest BCUT2D eigenvalue weighted by atomic mass is 9.99. The van der Waals surface area contributed by atoms with E-state index in [1.54, 1.807) is 0 Å². The van der Waals surface area contributed by atoms with E-state index >= 15 is 0 Å². The molecule has 0 spiro atoms. The summed E-state index contributed by atoms with van der Waals surface area (Å²) in [6.45, 7) is 5.48. The van der Waals surface area contributed by atoms with E-state index in [0.29, 0.717) is 31.8 Å². The fourth-order valence-electron chi connectivity index (χ4n) is 2.95. The Balaban J connectivity index is 3.01. The van der Waals surface area contributed by atoms with E-state index in [-0.39, 0.29) is 13.2 Å². The number of hydrogen-bond acceptors (Lipinski definition) is 12. The van der Waals surface area contributed by atoms with Gasteiger partial charge in [-0.25, -0.2) is 0 Å². The largest absolute Gasteiger partial charge is 0.463 e. The normalized spacial score (nSPS) is 25.0. The van der Waals surface area contributed by atoms with Crippen molar-refractivity contribution in [3.63, 3.8) is 0 Å². The van der Waals surface area contributed by atoms with Crippen molar-refractivity contribution in [3.05, 3.63) is 0 Å². The predicted octanol–water partition coefficient (Wildman–Crippen LogP) is 0.592. The summed E-state index contributed by atoms with van der Waals surface area (Å²) in [5, 5.41) is 8.77. The van der Waals surface area contributed by atoms with E-state index in [1.807, 2.05) is 0 Å². The number of aliphatic hydroxyl groups excluding tert-OH is 1. The molecule has 0 bridgehead atoms. The first-order valence-corrected chi connectivity index (χ1v) is 11.3. The second kappa shape index (κ2) is 15.0. The van der Waals surface area contributed by atoms with Crippen LogP contribution in [-0.2, 0) is 47.6 Å². The van der Waals surface area contributed by atoms with Gasteiger partial charge in [-0.2, -0.15) is 0 Å². The molecule has 1 N–H and O–H groups in total. The van der Waals surface area contributed by atoms with Crippen LogP contribution < -0.4 is 0 Å². The third kappa shape index (κ3) is 10.6. The molecule has 12 heteroatoms. The van der Waals surface area contributed by atoms with Gasteiger partial charge in [0.2, 0.25) is 0 Å². The van der Waals surface area contributed by atoms with Crippen LogP contribution in [0.25, 0.3) is 0 Å². The minimum atomic E-state index is -1.16. The summed E-state index contributed by atoms with van der Waals surface area (Å²) in [6, 6.07) is 0. The van der Waals surface area contributed by atoms with Gasteiger partial charge >= 0.3 is 23.9 Å². The first-order chi connectivity index (χ1) is 15.1. The number of esters is 4. The first kappa shape index (κ1) is 28.1. The van der Waals surface area contributed by atoms with Gasteiger partial charge in [0.15, 0.2) is 18.3 Å². The molecule has 1 heterocycles. The molecule has 0 aliphatic carbocycles. The summed E-state index contributed by atoms with van der Waals surface area (Å²) < 4.78 is 32.5. The molecule has 0 saturated carbocycles. The summed E-state index contributed by atoms with van der Waals surface area (Å²) in [6.07, 6.45) is -3.13. The summed E-state index contributed by atoms with van der Waals surface area (Å²) in [7, 11) is 0. The van der Waals surface area contributed by atoms with Gasteiger partial charge in [-0.05, 0) is 18.6 Å². The molecule has 5 atom stereocenters. The van der Waals surface area contributed by atoms with E-state index < -0.39 is 53.7 Å². The lowest BCUT2D eigenvalue weighted by Gasteiger charge is -2.44. The lowest BCUT2D eigenvalue weighted by Crippen LogP contribution is -2.61. The Hall–Kier alpha value is -1.89. The Bertz CT molecular complexity index is 627. The van der Waals surface area contributed by atoms with Crippen molar-refractivity contribution in [3.8, 4) is 0 Å². The summed E-state index contributed by atoms with van der Waals surface area (Å²) >= 11 is 1.30. The molecule has 0 unspecified atom stereocenters. The zero-order valence-corrected chi connectivity index (χ0v) is 19.6. The van der Waals surface area contributed by atoms with Gasteiger partial charge in [-0.1, -0.05) is 0 Å². The standard InChI is InChI=1S/C20H32O11S/c1-12(22)27-11-16-17(28-13(2)23)18(29-14(3)24)19(30-15(4)25)20(31-16)32-10-6-9-26-8-5-7-21/h16-21H,5-11H2,1-4H3/t16-,17-,18+,19+,20-/m1/s1. The van der Waals surface area contributed by atoms with Crippen LogP contribution in [0.15, 0.2) is 0 Å². The van der Waals surface area contributed by atoms with Crippen LogP contribution in [0.5, 0.6) is 0 Å². The Labute approximate surface area is 191 Å². The van der Waals surface area contributed by atoms with Crippen molar-refractivity contribution < 1.29 is 52.7 Å². The van der Waals surface area contributed by atoms with E-state index in [2.05, 4.69) is 0 Å². The molecule has 1 rings (SSSR count). The molecule has 0 amide bonds. The number of ether oxygens (including phenoxy) is 6. The summed E-state index contributed by atoms with van der Waals surface area (Å²) in [5.74, 6) is -1.98. The van der Waals surface area contributed by atoms with E-state index in [9.17, 15) is 19.2 Å². The highest BCUT2D eigenvalue weighted by Crippen LogP contribution is 2.34. The van der Waals surface area contributed by atoms with Gasteiger partial charge in [0.05, 0.1) is 0 Å². The van der Waals surface area contributed by atoms with Gasteiger partial charge in [0, 0.05) is 47.5 Å². The quantitative estimate of drug-likeness (QED) is 0.224. The SMILES string of the molecule is CC(=O)OC[C@H]1O[C@H](SCCCOCCCO)[C@@H](OC(C)=O)[C@@H](OC(C)=O)[C@@H]1OC(C)=O. The third-order valence-corrected chi connectivity index (χ3v) is 5.34. The maximum atomic E-state index is 11.8. The van der Waals surface area contributed by atoms with Crippen LogP contribution in [0, 0.1) is 0 Å². The number of carbonyl (C=O) groups is 4. The average Bonchev–Trinajstić information content (AvgIpc) is 2.68. The number of thioether (sulfide) groups is 1. The average molecular weight is 481 g/mol. The zero-order valence-electron chi connectivity index (χ0n) is 18.8. The topological polar surface area (TPSA) is 144 Å². The molecule has 0 aromatic rings. The smallest absolute Gasteiger partial charge is 0.303 e. The fraction of sp³-hybridized carbons (Fsp3) is 0.800. The highest BCUT2D eigenvalue weighted by molar-refractivity contribution is 7.99. The number of carbonyl (C=O) groups excluding carboxylic acids is 4. The molecular formula is C20H32O11S. The van der Waals surface area contributed by atoms with E-state index in [4.69, 9.17) is 33.5 Å². The fourth-order valence-corrected chi connectivity index (χ4v) is 4.09. The van der Waals surface area contributed by atoms with E-state index in [1.165, 1.54) is 39.5 Å². The number of hydrogen-bond donors (Lipinski definition) is 1. The van der Waals surface area contributed by atoms with Crippen molar-refractivity contribution in [2.45, 2.75) is 70.4 Å². The van der Waals surface area contributed by atoms with Crippen LogP contribution in [0.3, 0.4) is 0 Å². The van der Waals surface area contributed by atoms with Gasteiger partial charge in [-0.3, -0.25) is 19.2 Å². The Kier molecular flexibility index (Phi) is 13.2. The molecule has 32 heavy (non-hydrogen) atoms. The molecule has 184 valence electrons. The molecule has 1 aliphatic rings. The third-order valence-electron chi connectivity index (χ3n) is 4.11. The van der Waals surface area contributed by atoms with Crippen LogP contribution in [0.1, 0.15) is 40.5 Å². The van der Waals surface area contributed by atoms with E-state index in [0.717, 1.165) is 0 Å². The van der Waals surface area contributed by atoms with Gasteiger partial charge in [-0.15, -0.1) is 11.8 Å². The van der Waals surface area contributed by atoms with Crippen LogP contribution in [0.4, 0.5) is 0 Å². The predicted molar refractivity (Wildman–Crippen MR) is 112 cm³/mol. The highest BCUT2D eigenvalue weighted by atomic mass is 32.2. The van der Waals surface area contributed by atoms with Gasteiger partial charge in [0.25, 0.3) is 0 Å². The first-order valence-electron chi connectivity index (χ1n) is 10.3. The van der Waals surface area contributed by atoms with Crippen molar-refractivity contribution >= 4 is 35.6 Å². The maximum Gasteiger partial charge on any atom is 0.303 e. The molecular weight excluding hydrogens is 448 g/mol. The summed E-state index contributed by atoms with van der Waals surface area (Å²) in [5.41, 5.74) is -0.784. The molecule has 1 fully saturated rings. The molecule has 1 saturated heterocycles. The van der Waals surface area contributed by atoms with Crippen LogP contribution in [0.2, 0.25) is 0 Å². The van der Waals surface area contributed by atoms with Crippen molar-refractivity contribution in [1.29, 1.82) is 0 Å². The van der Waals surface area contributed by atoms with Gasteiger partial charge in [0.1, 0.15) is 18.1 Å². The molecule has 0 radical (unpaired) electrons. The Morgan fingerprint density at radius 3 is 1.94 bits per heavy atom. The minimum Gasteiger partial charge on any atom is -0.463 e. The zero-order chi connectivity index (χ0) is 24.1. The molecule has 1 aliphatic heterocycles. The van der Waals surface area contributed by atoms with Gasteiger partial charge < -0.3 is 33.5 Å². The highest BCUT2D eigenvalue weighted by Gasteiger charge is 2.52. The van der Waals surface area contributed by atoms with Crippen molar-refractivity contribution in [2.24, 2.45) is 0 Å². The van der Waals surface area contributed by atoms with Crippen LogP contribution >= 0.6 is 11.8 Å². The van der Waals surface area contributed by atoms with Crippen molar-refractivity contribution in [2.75, 3.05) is 32.2 Å². The van der Waals surface area contributed by atoms with Crippen molar-refractivity contribution in [1.82, 2.24) is 0 Å². The molecule has 0 aromatic heterocycles. The second-order valence-corrected chi connectivity index (χ2v) is 8.19. The minimum absolute atomic E-state index is 0.0550. The molecule has 0 aromatic carbocycles. The second-order valence-electron chi connectivity index (χ2n) is 6.98. The Morgan fingerprint density at radius 1 is 0.812 bits per heavy atom. The monoisotopic (exact) mass is 480 g/mol. The maximum absolute atomic E-state index is 11.8. The number of rotatable bonds is 13. The number of aliphatic hydroxyl groups is 1. The summed E-state index contributed by atoms with van der Waals surface area (Å²) in [4.78, 5) is 46.5.